The minimum absolute atomic E-state index is 0.258. The molecule has 0 saturated heterocycles. The highest BCUT2D eigenvalue weighted by atomic mass is 16.5. The molecule has 0 radical (unpaired) electrons. The predicted molar refractivity (Wildman–Crippen MR) is 75.7 cm³/mol. The van der Waals surface area contributed by atoms with Crippen molar-refractivity contribution in [1.29, 1.82) is 0 Å². The van der Waals surface area contributed by atoms with Crippen molar-refractivity contribution >= 4 is 16.8 Å². The van der Waals surface area contributed by atoms with Crippen LogP contribution in [0.1, 0.15) is 25.3 Å². The van der Waals surface area contributed by atoms with E-state index in [1.807, 2.05) is 30.3 Å². The van der Waals surface area contributed by atoms with Crippen molar-refractivity contribution in [1.82, 2.24) is 10.1 Å². The summed E-state index contributed by atoms with van der Waals surface area (Å²) in [7, 11) is 0. The quantitative estimate of drug-likeness (QED) is 0.757. The molecule has 2 aromatic heterocycles. The largest absolute Gasteiger partial charge is 0.367 e. The summed E-state index contributed by atoms with van der Waals surface area (Å²) in [5, 5.41) is 5.19. The number of hydrogen-bond donors (Lipinski definition) is 1. The predicted octanol–water partition coefficient (Wildman–Crippen LogP) is 3.60. The van der Waals surface area contributed by atoms with E-state index in [-0.39, 0.29) is 5.92 Å². The van der Waals surface area contributed by atoms with Crippen LogP contribution in [0.15, 0.2) is 41.1 Å². The topological polar surface area (TPSA) is 64.9 Å². The van der Waals surface area contributed by atoms with Crippen molar-refractivity contribution in [2.75, 3.05) is 5.73 Å². The molecule has 3 aromatic rings. The number of pyridine rings is 1. The first kappa shape index (κ1) is 11.7. The van der Waals surface area contributed by atoms with Gasteiger partial charge in [-0.25, -0.2) is 0 Å². The van der Waals surface area contributed by atoms with E-state index in [2.05, 4.69) is 24.0 Å². The van der Waals surface area contributed by atoms with Crippen molar-refractivity contribution < 1.29 is 4.52 Å². The Hall–Kier alpha value is -2.36. The molecule has 96 valence electrons. The number of anilines is 1. The molecule has 4 nitrogen and oxygen atoms in total. The second-order valence-electron chi connectivity index (χ2n) is 4.84. The molecule has 0 aliphatic carbocycles. The SMILES string of the molecule is CC(C)c1c(-c2ccnc3ccccc23)noc1N. The molecule has 19 heavy (non-hydrogen) atoms. The fourth-order valence-corrected chi connectivity index (χ4v) is 2.36. The highest BCUT2D eigenvalue weighted by Crippen LogP contribution is 2.35. The molecule has 0 atom stereocenters. The molecule has 4 heteroatoms. The first-order valence-corrected chi connectivity index (χ1v) is 6.27. The summed E-state index contributed by atoms with van der Waals surface area (Å²) in [4.78, 5) is 4.36. The number of rotatable bonds is 2. The second kappa shape index (κ2) is 4.39. The lowest BCUT2D eigenvalue weighted by molar-refractivity contribution is 0.438. The van der Waals surface area contributed by atoms with Gasteiger partial charge in [0, 0.05) is 22.7 Å². The van der Waals surface area contributed by atoms with Gasteiger partial charge in [-0.05, 0) is 18.1 Å². The van der Waals surface area contributed by atoms with Crippen LogP contribution in [0.5, 0.6) is 0 Å². The lowest BCUT2D eigenvalue weighted by atomic mass is 9.97. The molecule has 0 spiro atoms. The average molecular weight is 253 g/mol. The van der Waals surface area contributed by atoms with Crippen molar-refractivity contribution in [2.45, 2.75) is 19.8 Å². The summed E-state index contributed by atoms with van der Waals surface area (Å²) >= 11 is 0. The normalized spacial score (nSPS) is 11.3. The Labute approximate surface area is 111 Å². The Morgan fingerprint density at radius 3 is 2.74 bits per heavy atom. The minimum Gasteiger partial charge on any atom is -0.367 e. The van der Waals surface area contributed by atoms with Gasteiger partial charge in [0.2, 0.25) is 5.88 Å². The fraction of sp³-hybridized carbons (Fsp3) is 0.200. The van der Waals surface area contributed by atoms with Crippen LogP contribution in [0.2, 0.25) is 0 Å². The molecule has 3 rings (SSSR count). The molecule has 0 fully saturated rings. The molecule has 2 N–H and O–H groups in total. The number of para-hydroxylation sites is 1. The van der Waals surface area contributed by atoms with Crippen LogP contribution in [0.25, 0.3) is 22.2 Å². The summed E-state index contributed by atoms with van der Waals surface area (Å²) in [5.41, 5.74) is 9.60. The van der Waals surface area contributed by atoms with Crippen LogP contribution in [0.3, 0.4) is 0 Å². The molecular formula is C15H15N3O. The Kier molecular flexibility index (Phi) is 2.71. The fourth-order valence-electron chi connectivity index (χ4n) is 2.36. The van der Waals surface area contributed by atoms with Crippen molar-refractivity contribution in [2.24, 2.45) is 0 Å². The molecule has 0 bridgehead atoms. The molecule has 0 saturated carbocycles. The van der Waals surface area contributed by atoms with Gasteiger partial charge in [0.15, 0.2) is 0 Å². The monoisotopic (exact) mass is 253 g/mol. The summed E-state index contributed by atoms with van der Waals surface area (Å²) in [5.74, 6) is 0.652. The zero-order valence-electron chi connectivity index (χ0n) is 10.9. The third-order valence-corrected chi connectivity index (χ3v) is 3.24. The highest BCUT2D eigenvalue weighted by molar-refractivity contribution is 5.94. The molecule has 0 unspecified atom stereocenters. The number of nitrogens with zero attached hydrogens (tertiary/aromatic N) is 2. The van der Waals surface area contributed by atoms with E-state index in [0.717, 1.165) is 27.7 Å². The van der Waals surface area contributed by atoms with Crippen molar-refractivity contribution in [3.63, 3.8) is 0 Å². The van der Waals surface area contributed by atoms with Gasteiger partial charge in [0.1, 0.15) is 5.69 Å². The third-order valence-electron chi connectivity index (χ3n) is 3.24. The van der Waals surface area contributed by atoms with Crippen LogP contribution >= 0.6 is 0 Å². The standard InChI is InChI=1S/C15H15N3O/c1-9(2)13-14(18-19-15(13)16)11-7-8-17-12-6-4-3-5-10(11)12/h3-9H,16H2,1-2H3. The van der Waals surface area contributed by atoms with Crippen molar-refractivity contribution in [3.8, 4) is 11.3 Å². The summed E-state index contributed by atoms with van der Waals surface area (Å²) in [6.07, 6.45) is 1.78. The average Bonchev–Trinajstić information content (AvgIpc) is 2.80. The van der Waals surface area contributed by atoms with Gasteiger partial charge in [-0.3, -0.25) is 4.98 Å². The van der Waals surface area contributed by atoms with Crippen LogP contribution < -0.4 is 5.73 Å². The lowest BCUT2D eigenvalue weighted by Gasteiger charge is -2.07. The van der Waals surface area contributed by atoms with Crippen LogP contribution in [0, 0.1) is 0 Å². The Balaban J connectivity index is 2.31. The molecule has 2 heterocycles. The molecule has 0 aliphatic heterocycles. The van der Waals surface area contributed by atoms with Crippen LogP contribution in [0.4, 0.5) is 5.88 Å². The first-order chi connectivity index (χ1) is 9.18. The maximum Gasteiger partial charge on any atom is 0.226 e. The van der Waals surface area contributed by atoms with E-state index >= 15 is 0 Å². The smallest absolute Gasteiger partial charge is 0.226 e. The number of fused-ring (bicyclic) bond motifs is 1. The maximum atomic E-state index is 5.88. The van der Waals surface area contributed by atoms with Gasteiger partial charge in [-0.1, -0.05) is 37.2 Å². The van der Waals surface area contributed by atoms with Gasteiger partial charge in [-0.15, -0.1) is 0 Å². The minimum atomic E-state index is 0.258. The second-order valence-corrected chi connectivity index (χ2v) is 4.84. The number of aromatic nitrogens is 2. The van der Waals surface area contributed by atoms with Crippen molar-refractivity contribution in [3.05, 3.63) is 42.1 Å². The highest BCUT2D eigenvalue weighted by Gasteiger charge is 2.19. The van der Waals surface area contributed by atoms with Gasteiger partial charge < -0.3 is 10.3 Å². The van der Waals surface area contributed by atoms with E-state index in [4.69, 9.17) is 10.3 Å². The zero-order chi connectivity index (χ0) is 13.4. The van der Waals surface area contributed by atoms with E-state index in [0.29, 0.717) is 5.88 Å². The molecule has 1 aromatic carbocycles. The maximum absolute atomic E-state index is 5.88. The zero-order valence-corrected chi connectivity index (χ0v) is 10.9. The summed E-state index contributed by atoms with van der Waals surface area (Å²) < 4.78 is 5.17. The van der Waals surface area contributed by atoms with Crippen LogP contribution in [-0.2, 0) is 0 Å². The number of benzene rings is 1. The third kappa shape index (κ3) is 1.85. The van der Waals surface area contributed by atoms with Gasteiger partial charge >= 0.3 is 0 Å². The van der Waals surface area contributed by atoms with Gasteiger partial charge in [-0.2, -0.15) is 0 Å². The lowest BCUT2D eigenvalue weighted by Crippen LogP contribution is -1.95. The van der Waals surface area contributed by atoms with Gasteiger partial charge in [0.05, 0.1) is 5.52 Å². The van der Waals surface area contributed by atoms with E-state index in [9.17, 15) is 0 Å². The van der Waals surface area contributed by atoms with Gasteiger partial charge in [0.25, 0.3) is 0 Å². The van der Waals surface area contributed by atoms with E-state index in [1.54, 1.807) is 6.20 Å². The first-order valence-electron chi connectivity index (χ1n) is 6.27. The summed E-state index contributed by atoms with van der Waals surface area (Å²) in [6, 6.07) is 9.93. The van der Waals surface area contributed by atoms with E-state index in [1.165, 1.54) is 0 Å². The number of nitrogen functional groups attached to an aromatic ring is 1. The molecule has 0 amide bonds. The number of nitrogens with two attached hydrogens (primary N) is 1. The summed E-state index contributed by atoms with van der Waals surface area (Å²) in [6.45, 7) is 4.16. The van der Waals surface area contributed by atoms with Crippen LogP contribution in [-0.4, -0.2) is 10.1 Å². The van der Waals surface area contributed by atoms with E-state index < -0.39 is 0 Å². The molecular weight excluding hydrogens is 238 g/mol. The Morgan fingerprint density at radius 2 is 1.95 bits per heavy atom. The molecule has 0 aliphatic rings. The number of hydrogen-bond acceptors (Lipinski definition) is 4. The Morgan fingerprint density at radius 1 is 1.16 bits per heavy atom. The Bertz CT molecular complexity index is 726.